The van der Waals surface area contributed by atoms with Crippen LogP contribution in [0.1, 0.15) is 0 Å². The van der Waals surface area contributed by atoms with E-state index in [-0.39, 0.29) is 24.0 Å². The molecule has 0 aliphatic heterocycles. The lowest BCUT2D eigenvalue weighted by Gasteiger charge is -2.00. The largest absolute Gasteiger partial charge is 1.00 e. The molecule has 2 aromatic rings. The molecular weight excluding hydrogens is 376 g/mol. The van der Waals surface area contributed by atoms with Crippen LogP contribution in [0.15, 0.2) is 35.1 Å². The number of aromatic nitrogens is 1. The van der Waals surface area contributed by atoms with Crippen LogP contribution in [0, 0.1) is 0 Å². The maximum Gasteiger partial charge on any atom is 0.176 e. The van der Waals surface area contributed by atoms with Gasteiger partial charge in [0.25, 0.3) is 0 Å². The zero-order valence-corrected chi connectivity index (χ0v) is 12.0. The second-order valence-electron chi connectivity index (χ2n) is 2.97. The van der Waals surface area contributed by atoms with Crippen molar-refractivity contribution in [1.29, 1.82) is 0 Å². The number of hydrogen-bond donors (Lipinski definition) is 0. The third kappa shape index (κ3) is 2.20. The van der Waals surface area contributed by atoms with Gasteiger partial charge < -0.3 is 24.0 Å². The smallest absolute Gasteiger partial charge is 0.176 e. The third-order valence-corrected chi connectivity index (χ3v) is 3.28. The number of aryl methyl sites for hydroxylation is 1. The molecule has 74 valence electrons. The third-order valence-electron chi connectivity index (χ3n) is 1.99. The molecule has 0 radical (unpaired) electrons. The van der Waals surface area contributed by atoms with Crippen LogP contribution >= 0.6 is 27.5 Å². The zero-order chi connectivity index (χ0) is 9.42. The summed E-state index contributed by atoms with van der Waals surface area (Å²) < 4.78 is 2.95. The number of benzene rings is 1. The molecule has 1 nitrogen and oxygen atoms in total. The Kier molecular flexibility index (Phi) is 4.15. The van der Waals surface area contributed by atoms with Gasteiger partial charge in [0, 0.05) is 21.3 Å². The fourth-order valence-corrected chi connectivity index (χ4v) is 1.90. The Labute approximate surface area is 113 Å². The number of pyridine rings is 1. The molecule has 1 aromatic heterocycles. The summed E-state index contributed by atoms with van der Waals surface area (Å²) in [7, 11) is 2.00. The first-order valence-corrected chi connectivity index (χ1v) is 5.08. The van der Waals surface area contributed by atoms with Crippen LogP contribution in [0.3, 0.4) is 0 Å². The molecule has 0 amide bonds. The Bertz CT molecular complexity index is 473. The Morgan fingerprint density at radius 1 is 1.29 bits per heavy atom. The van der Waals surface area contributed by atoms with E-state index >= 15 is 0 Å². The average Bonchev–Trinajstić information content (AvgIpc) is 2.12. The molecule has 0 bridgehead atoms. The lowest BCUT2D eigenvalue weighted by atomic mass is 10.2. The van der Waals surface area contributed by atoms with Crippen molar-refractivity contribution in [3.8, 4) is 0 Å². The Hall–Kier alpha value is 0.130. The van der Waals surface area contributed by atoms with Gasteiger partial charge in [-0.2, -0.15) is 0 Å². The van der Waals surface area contributed by atoms with Crippen molar-refractivity contribution in [1.82, 2.24) is 0 Å². The van der Waals surface area contributed by atoms with E-state index < -0.39 is 0 Å². The molecule has 0 fully saturated rings. The minimum atomic E-state index is 0. The van der Waals surface area contributed by atoms with E-state index in [4.69, 9.17) is 11.6 Å². The first-order valence-electron chi connectivity index (χ1n) is 3.91. The highest BCUT2D eigenvalue weighted by atomic mass is 127. The van der Waals surface area contributed by atoms with Crippen LogP contribution in [-0.4, -0.2) is 0 Å². The molecule has 0 N–H and O–H groups in total. The number of halogens is 3. The second kappa shape index (κ2) is 4.77. The Balaban J connectivity index is 0.000000980. The molecule has 0 atom stereocenters. The van der Waals surface area contributed by atoms with E-state index in [1.54, 1.807) is 0 Å². The van der Waals surface area contributed by atoms with E-state index in [0.717, 1.165) is 20.3 Å². The van der Waals surface area contributed by atoms with Crippen molar-refractivity contribution in [2.45, 2.75) is 0 Å². The van der Waals surface area contributed by atoms with Crippen LogP contribution in [0.25, 0.3) is 10.8 Å². The van der Waals surface area contributed by atoms with Crippen LogP contribution in [0.5, 0.6) is 0 Å². The number of fused-ring (bicyclic) bond motifs is 1. The maximum atomic E-state index is 6.12. The summed E-state index contributed by atoms with van der Waals surface area (Å²) in [5.41, 5.74) is 0. The van der Waals surface area contributed by atoms with Crippen molar-refractivity contribution in [2.24, 2.45) is 7.05 Å². The van der Waals surface area contributed by atoms with Crippen molar-refractivity contribution in [3.05, 3.63) is 40.1 Å². The molecular formula is C10H8BrClIN. The highest BCUT2D eigenvalue weighted by Crippen LogP contribution is 2.29. The number of rotatable bonds is 0. The SMILES string of the molecule is C[n+]1ccc2c(Cl)c(Br)ccc2c1.[I-]. The molecule has 4 heteroatoms. The minimum absolute atomic E-state index is 0. The zero-order valence-electron chi connectivity index (χ0n) is 7.47. The summed E-state index contributed by atoms with van der Waals surface area (Å²) in [6.45, 7) is 0. The summed E-state index contributed by atoms with van der Waals surface area (Å²) in [4.78, 5) is 0. The second-order valence-corrected chi connectivity index (χ2v) is 4.21. The highest BCUT2D eigenvalue weighted by Gasteiger charge is 2.05. The van der Waals surface area contributed by atoms with Gasteiger partial charge in [-0.15, -0.1) is 0 Å². The molecule has 0 spiro atoms. The maximum absolute atomic E-state index is 6.12. The average molecular weight is 384 g/mol. The summed E-state index contributed by atoms with van der Waals surface area (Å²) >= 11 is 9.52. The molecule has 1 heterocycles. The van der Waals surface area contributed by atoms with Crippen LogP contribution in [0.4, 0.5) is 0 Å². The van der Waals surface area contributed by atoms with Crippen LogP contribution < -0.4 is 28.5 Å². The van der Waals surface area contributed by atoms with Gasteiger partial charge in [-0.1, -0.05) is 11.6 Å². The Morgan fingerprint density at radius 2 is 2.00 bits per heavy atom. The van der Waals surface area contributed by atoms with Gasteiger partial charge in [-0.25, -0.2) is 4.57 Å². The van der Waals surface area contributed by atoms with Gasteiger partial charge in [-0.05, 0) is 28.1 Å². The summed E-state index contributed by atoms with van der Waals surface area (Å²) in [5.74, 6) is 0. The van der Waals surface area contributed by atoms with Crippen molar-refractivity contribution in [3.63, 3.8) is 0 Å². The summed E-state index contributed by atoms with van der Waals surface area (Å²) in [6, 6.07) is 6.03. The van der Waals surface area contributed by atoms with Crippen molar-refractivity contribution >= 4 is 38.3 Å². The van der Waals surface area contributed by atoms with E-state index in [1.807, 2.05) is 42.2 Å². The molecule has 0 saturated carbocycles. The predicted octanol–water partition coefficient (Wildman–Crippen LogP) is 0.0842. The molecule has 0 aliphatic carbocycles. The van der Waals surface area contributed by atoms with Crippen molar-refractivity contribution < 1.29 is 28.5 Å². The van der Waals surface area contributed by atoms with Gasteiger partial charge in [0.2, 0.25) is 0 Å². The fourth-order valence-electron chi connectivity index (χ4n) is 1.32. The van der Waals surface area contributed by atoms with Gasteiger partial charge in [0.05, 0.1) is 5.02 Å². The normalized spacial score (nSPS) is 9.93. The van der Waals surface area contributed by atoms with Crippen LogP contribution in [-0.2, 0) is 7.05 Å². The molecule has 2 rings (SSSR count). The summed E-state index contributed by atoms with van der Waals surface area (Å²) in [6.07, 6.45) is 4.04. The van der Waals surface area contributed by atoms with Crippen molar-refractivity contribution in [2.75, 3.05) is 0 Å². The highest BCUT2D eigenvalue weighted by molar-refractivity contribution is 9.10. The van der Waals surface area contributed by atoms with Crippen LogP contribution in [0.2, 0.25) is 5.02 Å². The van der Waals surface area contributed by atoms with Gasteiger partial charge >= 0.3 is 0 Å². The fraction of sp³-hybridized carbons (Fsp3) is 0.100. The first-order chi connectivity index (χ1) is 6.18. The summed E-state index contributed by atoms with van der Waals surface area (Å²) in [5, 5.41) is 3.01. The first kappa shape index (κ1) is 12.2. The quantitative estimate of drug-likeness (QED) is 0.448. The van der Waals surface area contributed by atoms with E-state index in [2.05, 4.69) is 15.9 Å². The number of nitrogens with zero attached hydrogens (tertiary/aromatic N) is 1. The van der Waals surface area contributed by atoms with E-state index in [9.17, 15) is 0 Å². The minimum Gasteiger partial charge on any atom is -1.00 e. The monoisotopic (exact) mass is 383 g/mol. The lowest BCUT2D eigenvalue weighted by Crippen LogP contribution is -3.00. The molecule has 1 aromatic carbocycles. The molecule has 0 saturated heterocycles. The molecule has 0 aliphatic rings. The van der Waals surface area contributed by atoms with E-state index in [0.29, 0.717) is 0 Å². The molecule has 14 heavy (non-hydrogen) atoms. The lowest BCUT2D eigenvalue weighted by molar-refractivity contribution is -0.670. The van der Waals surface area contributed by atoms with E-state index in [1.165, 1.54) is 0 Å². The van der Waals surface area contributed by atoms with Gasteiger partial charge in [0.1, 0.15) is 7.05 Å². The Morgan fingerprint density at radius 3 is 2.71 bits per heavy atom. The number of hydrogen-bond acceptors (Lipinski definition) is 0. The molecule has 0 unspecified atom stereocenters. The predicted molar refractivity (Wildman–Crippen MR) is 57.8 cm³/mol. The topological polar surface area (TPSA) is 3.88 Å². The standard InChI is InChI=1S/C10H8BrClN.HI/c1-13-5-4-8-7(6-13)2-3-9(11)10(8)12;/h2-6H,1H3;1H/q+1;/p-1. The van der Waals surface area contributed by atoms with Gasteiger partial charge in [0.15, 0.2) is 12.4 Å². The van der Waals surface area contributed by atoms with Gasteiger partial charge in [-0.3, -0.25) is 0 Å².